The number of carbonyl (C=O) groups excluding carboxylic acids is 1. The molecule has 0 radical (unpaired) electrons. The number of hydrogen-bond acceptors (Lipinski definition) is 4. The summed E-state index contributed by atoms with van der Waals surface area (Å²) in [5.74, 6) is 0.0358. The fourth-order valence-electron chi connectivity index (χ4n) is 2.60. The van der Waals surface area contributed by atoms with E-state index < -0.39 is 5.60 Å². The molecule has 1 aliphatic rings. The van der Waals surface area contributed by atoms with Crippen LogP contribution in [-0.4, -0.2) is 40.1 Å². The highest BCUT2D eigenvalue weighted by molar-refractivity contribution is 7.73. The number of likely N-dealkylation sites (N-methyl/N-ethyl adjacent to an activating group) is 1. The van der Waals surface area contributed by atoms with Gasteiger partial charge in [-0.25, -0.2) is 0 Å². The summed E-state index contributed by atoms with van der Waals surface area (Å²) >= 11 is 6.52. The van der Waals surface area contributed by atoms with Crippen molar-refractivity contribution in [3.63, 3.8) is 0 Å². The first-order valence-electron chi connectivity index (χ1n) is 6.54. The van der Waals surface area contributed by atoms with Gasteiger partial charge in [0.25, 0.3) is 0 Å². The van der Waals surface area contributed by atoms with Crippen molar-refractivity contribution in [3.8, 4) is 0 Å². The lowest BCUT2D eigenvalue weighted by Gasteiger charge is -2.28. The Bertz CT molecular complexity index is 515. The van der Waals surface area contributed by atoms with Gasteiger partial charge in [0.15, 0.2) is 3.95 Å². The van der Waals surface area contributed by atoms with Crippen molar-refractivity contribution in [2.75, 3.05) is 13.6 Å². The molecule has 1 aliphatic carbocycles. The SMILES string of the molecule is Cc1[nH]c(=S)sc1CC(=O)N(C)CC1(O)CCCC1. The fraction of sp³-hybridized carbons (Fsp3) is 0.692. The van der Waals surface area contributed by atoms with Crippen LogP contribution in [0.3, 0.4) is 0 Å². The van der Waals surface area contributed by atoms with Crippen LogP contribution in [0.2, 0.25) is 0 Å². The normalized spacial score (nSPS) is 17.6. The molecule has 0 saturated heterocycles. The summed E-state index contributed by atoms with van der Waals surface area (Å²) < 4.78 is 0.706. The Hall–Kier alpha value is -0.720. The quantitative estimate of drug-likeness (QED) is 0.840. The van der Waals surface area contributed by atoms with E-state index in [4.69, 9.17) is 12.2 Å². The van der Waals surface area contributed by atoms with Crippen LogP contribution in [0, 0.1) is 10.9 Å². The highest BCUT2D eigenvalue weighted by atomic mass is 32.1. The molecule has 1 aromatic rings. The van der Waals surface area contributed by atoms with E-state index in [0.717, 1.165) is 36.3 Å². The molecule has 2 N–H and O–H groups in total. The minimum atomic E-state index is -0.676. The predicted molar refractivity (Wildman–Crippen MR) is 79.0 cm³/mol. The highest BCUT2D eigenvalue weighted by Gasteiger charge is 2.33. The van der Waals surface area contributed by atoms with Crippen molar-refractivity contribution in [1.29, 1.82) is 0 Å². The van der Waals surface area contributed by atoms with E-state index in [2.05, 4.69) is 4.98 Å². The van der Waals surface area contributed by atoms with Crippen LogP contribution < -0.4 is 0 Å². The molecule has 6 heteroatoms. The Morgan fingerprint density at radius 3 is 2.68 bits per heavy atom. The summed E-state index contributed by atoms with van der Waals surface area (Å²) in [6.45, 7) is 2.36. The number of nitrogens with zero attached hydrogens (tertiary/aromatic N) is 1. The zero-order valence-corrected chi connectivity index (χ0v) is 13.0. The largest absolute Gasteiger partial charge is 0.388 e. The summed E-state index contributed by atoms with van der Waals surface area (Å²) in [5.41, 5.74) is 0.292. The van der Waals surface area contributed by atoms with E-state index in [9.17, 15) is 9.90 Å². The minimum Gasteiger partial charge on any atom is -0.388 e. The maximum atomic E-state index is 12.2. The molecule has 0 spiro atoms. The zero-order chi connectivity index (χ0) is 14.0. The van der Waals surface area contributed by atoms with Gasteiger partial charge in [-0.3, -0.25) is 4.79 Å². The third kappa shape index (κ3) is 3.64. The molecular weight excluding hydrogens is 280 g/mol. The number of aromatic nitrogens is 1. The molecule has 1 heterocycles. The number of thiazole rings is 1. The Kier molecular flexibility index (Phi) is 4.43. The minimum absolute atomic E-state index is 0.0358. The van der Waals surface area contributed by atoms with Crippen molar-refractivity contribution >= 4 is 29.5 Å². The van der Waals surface area contributed by atoms with Crippen molar-refractivity contribution < 1.29 is 9.90 Å². The topological polar surface area (TPSA) is 56.3 Å². The number of amides is 1. The number of aryl methyl sites for hydroxylation is 1. The number of aromatic amines is 1. The Balaban J connectivity index is 1.96. The summed E-state index contributed by atoms with van der Waals surface area (Å²) in [7, 11) is 1.76. The Labute approximate surface area is 122 Å². The zero-order valence-electron chi connectivity index (χ0n) is 11.4. The maximum Gasteiger partial charge on any atom is 0.227 e. The lowest BCUT2D eigenvalue weighted by atomic mass is 10.0. The van der Waals surface area contributed by atoms with Gasteiger partial charge in [0.1, 0.15) is 0 Å². The van der Waals surface area contributed by atoms with Crippen molar-refractivity contribution in [1.82, 2.24) is 9.88 Å². The van der Waals surface area contributed by atoms with Gasteiger partial charge in [0.2, 0.25) is 5.91 Å². The molecule has 1 aromatic heterocycles. The smallest absolute Gasteiger partial charge is 0.227 e. The predicted octanol–water partition coefficient (Wildman–Crippen LogP) is 2.42. The monoisotopic (exact) mass is 300 g/mol. The van der Waals surface area contributed by atoms with E-state index in [1.165, 1.54) is 11.3 Å². The van der Waals surface area contributed by atoms with Crippen LogP contribution in [-0.2, 0) is 11.2 Å². The molecule has 1 amide bonds. The number of hydrogen-bond donors (Lipinski definition) is 2. The van der Waals surface area contributed by atoms with Gasteiger partial charge in [-0.2, -0.15) is 0 Å². The van der Waals surface area contributed by atoms with E-state index in [1.54, 1.807) is 11.9 Å². The molecular formula is C13H20N2O2S2. The van der Waals surface area contributed by atoms with Gasteiger partial charge in [0, 0.05) is 24.2 Å². The average molecular weight is 300 g/mol. The van der Waals surface area contributed by atoms with Crippen LogP contribution in [0.4, 0.5) is 0 Å². The summed E-state index contributed by atoms with van der Waals surface area (Å²) in [6, 6.07) is 0. The summed E-state index contributed by atoms with van der Waals surface area (Å²) in [6.07, 6.45) is 4.06. The third-order valence-electron chi connectivity index (χ3n) is 3.73. The number of H-pyrrole nitrogens is 1. The molecule has 4 nitrogen and oxygen atoms in total. The van der Waals surface area contributed by atoms with Crippen molar-refractivity contribution in [3.05, 3.63) is 14.5 Å². The van der Waals surface area contributed by atoms with Crippen LogP contribution in [0.15, 0.2) is 0 Å². The molecule has 2 rings (SSSR count). The second kappa shape index (κ2) is 5.73. The molecule has 106 valence electrons. The number of nitrogens with one attached hydrogen (secondary N) is 1. The van der Waals surface area contributed by atoms with Crippen molar-refractivity contribution in [2.24, 2.45) is 0 Å². The van der Waals surface area contributed by atoms with Gasteiger partial charge in [0.05, 0.1) is 12.0 Å². The molecule has 0 aliphatic heterocycles. The maximum absolute atomic E-state index is 12.2. The lowest BCUT2D eigenvalue weighted by molar-refractivity contribution is -0.132. The third-order valence-corrected chi connectivity index (χ3v) is 5.06. The summed E-state index contributed by atoms with van der Waals surface area (Å²) in [4.78, 5) is 17.9. The second-order valence-electron chi connectivity index (χ2n) is 5.42. The number of aliphatic hydroxyl groups is 1. The van der Waals surface area contributed by atoms with E-state index in [0.29, 0.717) is 16.9 Å². The fourth-order valence-corrected chi connectivity index (χ4v) is 3.88. The molecule has 1 fully saturated rings. The Morgan fingerprint density at radius 1 is 1.53 bits per heavy atom. The van der Waals surface area contributed by atoms with E-state index in [1.807, 2.05) is 6.92 Å². The van der Waals surface area contributed by atoms with E-state index in [-0.39, 0.29) is 5.91 Å². The van der Waals surface area contributed by atoms with Gasteiger partial charge in [-0.15, -0.1) is 11.3 Å². The molecule has 0 aromatic carbocycles. The second-order valence-corrected chi connectivity index (χ2v) is 7.19. The first-order valence-corrected chi connectivity index (χ1v) is 7.77. The molecule has 0 bridgehead atoms. The number of rotatable bonds is 4. The van der Waals surface area contributed by atoms with Crippen LogP contribution in [0.5, 0.6) is 0 Å². The molecule has 0 atom stereocenters. The standard InChI is InChI=1S/C13H20N2O2S2/c1-9-10(19-12(18)14-9)7-11(16)15(2)8-13(17)5-3-4-6-13/h17H,3-8H2,1-2H3,(H,14,18). The highest BCUT2D eigenvalue weighted by Crippen LogP contribution is 2.30. The first-order chi connectivity index (χ1) is 8.89. The van der Waals surface area contributed by atoms with Crippen molar-refractivity contribution in [2.45, 2.75) is 44.6 Å². The molecule has 1 saturated carbocycles. The number of carbonyl (C=O) groups is 1. The Morgan fingerprint density at radius 2 is 2.16 bits per heavy atom. The van der Waals surface area contributed by atoms with Gasteiger partial charge in [-0.1, -0.05) is 12.8 Å². The summed E-state index contributed by atoms with van der Waals surface area (Å²) in [5, 5.41) is 10.3. The van der Waals surface area contributed by atoms with E-state index >= 15 is 0 Å². The van der Waals surface area contributed by atoms with Crippen LogP contribution in [0.1, 0.15) is 36.3 Å². The first kappa shape index (κ1) is 14.7. The van der Waals surface area contributed by atoms with Crippen LogP contribution >= 0.6 is 23.6 Å². The van der Waals surface area contributed by atoms with Crippen LogP contribution in [0.25, 0.3) is 0 Å². The lowest BCUT2D eigenvalue weighted by Crippen LogP contribution is -2.42. The average Bonchev–Trinajstić information content (AvgIpc) is 2.86. The molecule has 0 unspecified atom stereocenters. The van der Waals surface area contributed by atoms with Gasteiger partial charge >= 0.3 is 0 Å². The van der Waals surface area contributed by atoms with Gasteiger partial charge < -0.3 is 15.0 Å². The van der Waals surface area contributed by atoms with Gasteiger partial charge in [-0.05, 0) is 32.0 Å². The molecule has 19 heavy (non-hydrogen) atoms.